The van der Waals surface area contributed by atoms with E-state index in [1.807, 2.05) is 25.1 Å². The van der Waals surface area contributed by atoms with E-state index in [1.165, 1.54) is 32.1 Å². The van der Waals surface area contributed by atoms with Gasteiger partial charge in [-0.05, 0) is 111 Å². The average molecular weight is 453 g/mol. The Morgan fingerprint density at radius 3 is 2.39 bits per heavy atom. The largest absolute Gasteiger partial charge is 0.496 e. The molecule has 4 saturated carbocycles. The van der Waals surface area contributed by atoms with E-state index in [0.29, 0.717) is 34.3 Å². The first-order valence-corrected chi connectivity index (χ1v) is 13.1. The van der Waals surface area contributed by atoms with Gasteiger partial charge in [-0.3, -0.25) is 4.79 Å². The number of hydrogen-bond acceptors (Lipinski definition) is 4. The van der Waals surface area contributed by atoms with Crippen LogP contribution in [-0.4, -0.2) is 25.0 Å². The number of ether oxygens (including phenoxy) is 2. The molecular weight excluding hydrogens is 412 g/mol. The molecule has 33 heavy (non-hydrogen) atoms. The van der Waals surface area contributed by atoms with Gasteiger partial charge in [0, 0.05) is 5.92 Å². The van der Waals surface area contributed by atoms with Crippen LogP contribution in [-0.2, 0) is 9.53 Å². The van der Waals surface area contributed by atoms with Gasteiger partial charge in [0.15, 0.2) is 0 Å². The maximum absolute atomic E-state index is 12.9. The zero-order valence-electron chi connectivity index (χ0n) is 20.8. The van der Waals surface area contributed by atoms with Crippen molar-refractivity contribution in [1.82, 2.24) is 0 Å². The lowest BCUT2D eigenvalue weighted by atomic mass is 9.44. The standard InChI is InChI=1S/C29H40O4/c1-18(30)23-11-12-24-21-10-9-19-17-20(33-27(31)22-7-5-6-8-26(22)32-4)13-15-28(19,2)25(21)14-16-29(23,24)3/h5-8,19-21,23-25H,9-17H2,1-4H3/t19?,20-,21?,23-,24?,25?,28+,29-/m1/s1. The van der Waals surface area contributed by atoms with E-state index in [9.17, 15) is 9.59 Å². The van der Waals surface area contributed by atoms with Gasteiger partial charge in [-0.1, -0.05) is 26.0 Å². The normalized spacial score (nSPS) is 41.9. The number of carbonyl (C=O) groups excluding carboxylic acids is 2. The summed E-state index contributed by atoms with van der Waals surface area (Å²) < 4.78 is 11.4. The van der Waals surface area contributed by atoms with Crippen molar-refractivity contribution >= 4 is 11.8 Å². The Balaban J connectivity index is 1.28. The van der Waals surface area contributed by atoms with E-state index in [1.54, 1.807) is 13.2 Å². The third-order valence-corrected chi connectivity index (χ3v) is 10.7. The number of esters is 1. The number of Topliss-reactive ketones (excluding diaryl/α,β-unsaturated/α-hetero) is 1. The van der Waals surface area contributed by atoms with Gasteiger partial charge in [0.2, 0.25) is 0 Å². The monoisotopic (exact) mass is 452 g/mol. The lowest BCUT2D eigenvalue weighted by molar-refractivity contribution is -0.138. The molecule has 0 heterocycles. The fourth-order valence-corrected chi connectivity index (χ4v) is 9.02. The lowest BCUT2D eigenvalue weighted by Crippen LogP contribution is -2.54. The molecule has 0 saturated heterocycles. The van der Waals surface area contributed by atoms with Gasteiger partial charge in [0.1, 0.15) is 23.2 Å². The Hall–Kier alpha value is -1.84. The number of hydrogen-bond donors (Lipinski definition) is 0. The van der Waals surface area contributed by atoms with E-state index in [4.69, 9.17) is 9.47 Å². The first kappa shape index (κ1) is 22.9. The van der Waals surface area contributed by atoms with Crippen molar-refractivity contribution in [3.63, 3.8) is 0 Å². The number of ketones is 1. The van der Waals surface area contributed by atoms with Gasteiger partial charge in [-0.15, -0.1) is 0 Å². The van der Waals surface area contributed by atoms with Crippen molar-refractivity contribution in [3.8, 4) is 5.75 Å². The zero-order chi connectivity index (χ0) is 23.4. The summed E-state index contributed by atoms with van der Waals surface area (Å²) in [5.41, 5.74) is 1.08. The van der Waals surface area contributed by atoms with Gasteiger partial charge >= 0.3 is 5.97 Å². The van der Waals surface area contributed by atoms with Crippen molar-refractivity contribution in [3.05, 3.63) is 29.8 Å². The molecule has 4 nitrogen and oxygen atoms in total. The molecule has 0 aromatic heterocycles. The summed E-state index contributed by atoms with van der Waals surface area (Å²) in [6.07, 6.45) is 10.4. The molecule has 1 aromatic rings. The fourth-order valence-electron chi connectivity index (χ4n) is 9.02. The highest BCUT2D eigenvalue weighted by Gasteiger charge is 2.60. The van der Waals surface area contributed by atoms with Gasteiger partial charge < -0.3 is 9.47 Å². The molecule has 180 valence electrons. The van der Waals surface area contributed by atoms with Crippen molar-refractivity contribution < 1.29 is 19.1 Å². The van der Waals surface area contributed by atoms with Crippen molar-refractivity contribution in [2.24, 2.45) is 40.4 Å². The maximum Gasteiger partial charge on any atom is 0.342 e. The number of methoxy groups -OCH3 is 1. The van der Waals surface area contributed by atoms with Crippen LogP contribution in [0, 0.1) is 40.4 Å². The molecule has 8 atom stereocenters. The predicted molar refractivity (Wildman–Crippen MR) is 128 cm³/mol. The van der Waals surface area contributed by atoms with Crippen LogP contribution in [0.15, 0.2) is 24.3 Å². The van der Waals surface area contributed by atoms with Gasteiger partial charge in [-0.2, -0.15) is 0 Å². The minimum atomic E-state index is -0.260. The molecule has 0 amide bonds. The number of fused-ring (bicyclic) bond motifs is 5. The van der Waals surface area contributed by atoms with E-state index in [2.05, 4.69) is 13.8 Å². The highest BCUT2D eigenvalue weighted by atomic mass is 16.5. The SMILES string of the molecule is COc1ccccc1C(=O)O[C@@H]1CC[C@@]2(C)C(CCC3C2CC[C@@]2(C)C3CC[C@@H]2C(C)=O)C1. The molecule has 4 aliphatic carbocycles. The minimum Gasteiger partial charge on any atom is -0.496 e. The quantitative estimate of drug-likeness (QED) is 0.491. The van der Waals surface area contributed by atoms with Crippen LogP contribution in [0.1, 0.15) is 88.9 Å². The smallest absolute Gasteiger partial charge is 0.342 e. The third-order valence-electron chi connectivity index (χ3n) is 10.7. The van der Waals surface area contributed by atoms with Crippen LogP contribution < -0.4 is 4.74 Å². The van der Waals surface area contributed by atoms with Crippen LogP contribution in [0.5, 0.6) is 5.75 Å². The first-order valence-electron chi connectivity index (χ1n) is 13.1. The summed E-state index contributed by atoms with van der Waals surface area (Å²) in [6.45, 7) is 6.78. The number of rotatable bonds is 4. The second kappa shape index (κ2) is 8.43. The minimum absolute atomic E-state index is 0.000493. The third kappa shape index (κ3) is 3.63. The Kier molecular flexibility index (Phi) is 5.86. The Morgan fingerprint density at radius 1 is 0.909 bits per heavy atom. The number of carbonyl (C=O) groups is 2. The fraction of sp³-hybridized carbons (Fsp3) is 0.724. The molecule has 4 heteroatoms. The van der Waals surface area contributed by atoms with Gasteiger partial charge in [0.25, 0.3) is 0 Å². The lowest BCUT2D eigenvalue weighted by Gasteiger charge is -2.61. The average Bonchev–Trinajstić information content (AvgIpc) is 3.16. The maximum atomic E-state index is 12.9. The van der Waals surface area contributed by atoms with Crippen molar-refractivity contribution in [2.45, 2.75) is 84.7 Å². The summed E-state index contributed by atoms with van der Waals surface area (Å²) in [7, 11) is 1.59. The Bertz CT molecular complexity index is 924. The Morgan fingerprint density at radius 2 is 1.64 bits per heavy atom. The second-order valence-electron chi connectivity index (χ2n) is 11.9. The van der Waals surface area contributed by atoms with Crippen LogP contribution in [0.3, 0.4) is 0 Å². The molecule has 4 fully saturated rings. The zero-order valence-corrected chi connectivity index (χ0v) is 20.8. The molecular formula is C29H40O4. The molecule has 0 N–H and O–H groups in total. The summed E-state index contributed by atoms with van der Waals surface area (Å²) in [5, 5.41) is 0. The van der Waals surface area contributed by atoms with Gasteiger partial charge in [0.05, 0.1) is 7.11 Å². The van der Waals surface area contributed by atoms with E-state index >= 15 is 0 Å². The molecule has 5 rings (SSSR count). The number of para-hydroxylation sites is 1. The molecule has 1 aromatic carbocycles. The molecule has 4 aliphatic rings. The van der Waals surface area contributed by atoms with Crippen LogP contribution >= 0.6 is 0 Å². The van der Waals surface area contributed by atoms with Crippen LogP contribution in [0.25, 0.3) is 0 Å². The highest BCUT2D eigenvalue weighted by molar-refractivity contribution is 5.92. The summed E-state index contributed by atoms with van der Waals surface area (Å²) >= 11 is 0. The summed E-state index contributed by atoms with van der Waals surface area (Å²) in [6, 6.07) is 7.33. The molecule has 0 bridgehead atoms. The molecule has 0 spiro atoms. The summed E-state index contributed by atoms with van der Waals surface area (Å²) in [4.78, 5) is 25.3. The van der Waals surface area contributed by atoms with Crippen LogP contribution in [0.2, 0.25) is 0 Å². The highest BCUT2D eigenvalue weighted by Crippen LogP contribution is 2.67. The predicted octanol–water partition coefficient (Wildman–Crippen LogP) is 6.47. The van der Waals surface area contributed by atoms with Gasteiger partial charge in [-0.25, -0.2) is 4.79 Å². The van der Waals surface area contributed by atoms with Crippen molar-refractivity contribution in [1.29, 1.82) is 0 Å². The van der Waals surface area contributed by atoms with Crippen LogP contribution in [0.4, 0.5) is 0 Å². The van der Waals surface area contributed by atoms with Crippen molar-refractivity contribution in [2.75, 3.05) is 7.11 Å². The topological polar surface area (TPSA) is 52.6 Å². The number of benzene rings is 1. The van der Waals surface area contributed by atoms with E-state index in [-0.39, 0.29) is 23.4 Å². The molecule has 0 aliphatic heterocycles. The van der Waals surface area contributed by atoms with E-state index in [0.717, 1.165) is 37.5 Å². The second-order valence-corrected chi connectivity index (χ2v) is 11.9. The molecule has 4 unspecified atom stereocenters. The Labute approximate surface area is 198 Å². The first-order chi connectivity index (χ1) is 15.8. The van der Waals surface area contributed by atoms with E-state index < -0.39 is 0 Å². The molecule has 0 radical (unpaired) electrons. The summed E-state index contributed by atoms with van der Waals surface area (Å²) in [5.74, 6) is 3.86.